The molecule has 7 heteroatoms. The molecule has 2 N–H and O–H groups in total. The number of nitrogens with zero attached hydrogens (tertiary/aromatic N) is 1. The lowest BCUT2D eigenvalue weighted by atomic mass is 9.82. The van der Waals surface area contributed by atoms with E-state index in [2.05, 4.69) is 0 Å². The van der Waals surface area contributed by atoms with Gasteiger partial charge in [-0.3, -0.25) is 0 Å². The number of hydrogen-bond acceptors (Lipinski definition) is 5. The second kappa shape index (κ2) is 7.79. The Balaban J connectivity index is 2.71. The molecular formula is C18H18F2N2O3. The highest BCUT2D eigenvalue weighted by Crippen LogP contribution is 2.41. The fourth-order valence-corrected chi connectivity index (χ4v) is 2.71. The van der Waals surface area contributed by atoms with Gasteiger partial charge in [0.15, 0.2) is 0 Å². The van der Waals surface area contributed by atoms with Crippen molar-refractivity contribution >= 4 is 5.97 Å². The van der Waals surface area contributed by atoms with Gasteiger partial charge < -0.3 is 15.2 Å². The summed E-state index contributed by atoms with van der Waals surface area (Å²) in [4.78, 5) is 12.5. The second-order valence-electron chi connectivity index (χ2n) is 5.40. The Morgan fingerprint density at radius 3 is 2.68 bits per heavy atom. The molecule has 1 heterocycles. The van der Waals surface area contributed by atoms with Gasteiger partial charge in [0.25, 0.3) is 0 Å². The van der Waals surface area contributed by atoms with E-state index in [1.165, 1.54) is 6.07 Å². The van der Waals surface area contributed by atoms with Crippen LogP contribution in [0.3, 0.4) is 0 Å². The third-order valence-corrected chi connectivity index (χ3v) is 3.74. The molecule has 1 aromatic rings. The first-order valence-corrected chi connectivity index (χ1v) is 7.87. The van der Waals surface area contributed by atoms with Gasteiger partial charge in [0.05, 0.1) is 18.1 Å². The summed E-state index contributed by atoms with van der Waals surface area (Å²) >= 11 is 0. The maximum atomic E-state index is 14.4. The van der Waals surface area contributed by atoms with Crippen molar-refractivity contribution in [2.75, 3.05) is 6.61 Å². The number of nitrogens with two attached hydrogens (primary N) is 1. The van der Waals surface area contributed by atoms with Crippen LogP contribution in [0.4, 0.5) is 8.78 Å². The van der Waals surface area contributed by atoms with E-state index in [4.69, 9.17) is 15.2 Å². The van der Waals surface area contributed by atoms with Crippen LogP contribution in [0.2, 0.25) is 0 Å². The fourth-order valence-electron chi connectivity index (χ4n) is 2.71. The zero-order chi connectivity index (χ0) is 18.6. The number of carbonyl (C=O) groups excluding carboxylic acids is 1. The maximum Gasteiger partial charge on any atom is 0.338 e. The van der Waals surface area contributed by atoms with Crippen molar-refractivity contribution in [3.05, 3.63) is 58.2 Å². The van der Waals surface area contributed by atoms with Gasteiger partial charge in [0.2, 0.25) is 5.88 Å². The van der Waals surface area contributed by atoms with Gasteiger partial charge in [-0.1, -0.05) is 13.0 Å². The molecule has 5 nitrogen and oxygen atoms in total. The lowest BCUT2D eigenvalue weighted by molar-refractivity contribution is -0.139. The van der Waals surface area contributed by atoms with Crippen molar-refractivity contribution in [2.24, 2.45) is 5.73 Å². The smallest absolute Gasteiger partial charge is 0.338 e. The standard InChI is InChI=1S/C18H18F2N2O3/c1-3-5-14-16(18(23)24-4-2)15(12(9-21)17(22)25-14)11-7-6-10(19)8-13(11)20/h6-8,15H,3-5,22H2,1-2H3/t15-/m1/s1. The van der Waals surface area contributed by atoms with Crippen LogP contribution in [-0.4, -0.2) is 12.6 Å². The van der Waals surface area contributed by atoms with Gasteiger partial charge in [-0.05, 0) is 19.4 Å². The van der Waals surface area contributed by atoms with Gasteiger partial charge in [0.1, 0.15) is 29.0 Å². The molecule has 0 aromatic heterocycles. The Labute approximate surface area is 144 Å². The minimum Gasteiger partial charge on any atom is -0.463 e. The molecule has 1 aromatic carbocycles. The summed E-state index contributed by atoms with van der Waals surface area (Å²) in [5.41, 5.74) is 5.66. The molecule has 0 saturated carbocycles. The van der Waals surface area contributed by atoms with E-state index in [0.29, 0.717) is 18.9 Å². The lowest BCUT2D eigenvalue weighted by Crippen LogP contribution is -2.27. The van der Waals surface area contributed by atoms with Crippen molar-refractivity contribution in [3.8, 4) is 6.07 Å². The van der Waals surface area contributed by atoms with E-state index in [9.17, 15) is 18.8 Å². The molecule has 0 amide bonds. The molecular weight excluding hydrogens is 330 g/mol. The van der Waals surface area contributed by atoms with Crippen molar-refractivity contribution in [3.63, 3.8) is 0 Å². The van der Waals surface area contributed by atoms with Crippen LogP contribution in [0.5, 0.6) is 0 Å². The first kappa shape index (κ1) is 18.5. The quantitative estimate of drug-likeness (QED) is 0.825. The Hall–Kier alpha value is -2.88. The summed E-state index contributed by atoms with van der Waals surface area (Å²) < 4.78 is 38.2. The highest BCUT2D eigenvalue weighted by Gasteiger charge is 2.38. The van der Waals surface area contributed by atoms with Crippen LogP contribution in [0, 0.1) is 23.0 Å². The monoisotopic (exact) mass is 348 g/mol. The van der Waals surface area contributed by atoms with Crippen molar-refractivity contribution < 1.29 is 23.0 Å². The van der Waals surface area contributed by atoms with Crippen LogP contribution in [-0.2, 0) is 14.3 Å². The first-order valence-electron chi connectivity index (χ1n) is 7.87. The van der Waals surface area contributed by atoms with E-state index in [1.54, 1.807) is 6.92 Å². The molecule has 0 aliphatic carbocycles. The summed E-state index contributed by atoms with van der Waals surface area (Å²) in [5, 5.41) is 9.45. The number of nitriles is 1. The molecule has 25 heavy (non-hydrogen) atoms. The average molecular weight is 348 g/mol. The molecule has 1 aliphatic heterocycles. The third-order valence-electron chi connectivity index (χ3n) is 3.74. The second-order valence-corrected chi connectivity index (χ2v) is 5.40. The van der Waals surface area contributed by atoms with Crippen molar-refractivity contribution in [1.29, 1.82) is 5.26 Å². The number of carbonyl (C=O) groups is 1. The normalized spacial score (nSPS) is 17.2. The number of rotatable bonds is 5. The van der Waals surface area contributed by atoms with Crippen LogP contribution >= 0.6 is 0 Å². The molecule has 132 valence electrons. The van der Waals surface area contributed by atoms with Gasteiger partial charge in [-0.2, -0.15) is 5.26 Å². The summed E-state index contributed by atoms with van der Waals surface area (Å²) in [7, 11) is 0. The zero-order valence-corrected chi connectivity index (χ0v) is 13.9. The van der Waals surface area contributed by atoms with Gasteiger partial charge in [-0.15, -0.1) is 0 Å². The number of esters is 1. The topological polar surface area (TPSA) is 85.3 Å². The highest BCUT2D eigenvalue weighted by atomic mass is 19.1. The summed E-state index contributed by atoms with van der Waals surface area (Å²) in [5.74, 6) is -3.46. The fraction of sp³-hybridized carbons (Fsp3) is 0.333. The van der Waals surface area contributed by atoms with Crippen LogP contribution in [0.15, 0.2) is 41.0 Å². The average Bonchev–Trinajstić information content (AvgIpc) is 2.55. The van der Waals surface area contributed by atoms with E-state index in [1.807, 2.05) is 13.0 Å². The molecule has 2 rings (SSSR count). The molecule has 0 radical (unpaired) electrons. The Bertz CT molecular complexity index is 794. The van der Waals surface area contributed by atoms with Crippen molar-refractivity contribution in [2.45, 2.75) is 32.6 Å². The molecule has 0 spiro atoms. The highest BCUT2D eigenvalue weighted by molar-refractivity contribution is 5.92. The SMILES string of the molecule is CCCC1=C(C(=O)OCC)[C@H](c2ccc(F)cc2F)C(C#N)=C(N)O1. The number of benzene rings is 1. The van der Waals surface area contributed by atoms with E-state index >= 15 is 0 Å². The van der Waals surface area contributed by atoms with Crippen LogP contribution < -0.4 is 5.73 Å². The molecule has 1 aliphatic rings. The predicted molar refractivity (Wildman–Crippen MR) is 85.6 cm³/mol. The largest absolute Gasteiger partial charge is 0.463 e. The van der Waals surface area contributed by atoms with Crippen LogP contribution in [0.1, 0.15) is 38.2 Å². The Morgan fingerprint density at radius 1 is 1.40 bits per heavy atom. The Morgan fingerprint density at radius 2 is 2.12 bits per heavy atom. The number of halogens is 2. The first-order chi connectivity index (χ1) is 11.9. The van der Waals surface area contributed by atoms with E-state index in [0.717, 1.165) is 6.07 Å². The minimum absolute atomic E-state index is 0.0139. The third kappa shape index (κ3) is 3.63. The lowest BCUT2D eigenvalue weighted by Gasteiger charge is -2.28. The van der Waals surface area contributed by atoms with Gasteiger partial charge in [0, 0.05) is 18.1 Å². The number of hydrogen-bond donors (Lipinski definition) is 1. The van der Waals surface area contributed by atoms with Gasteiger partial charge >= 0.3 is 5.97 Å². The molecule has 0 unspecified atom stereocenters. The Kier molecular flexibility index (Phi) is 5.75. The zero-order valence-electron chi connectivity index (χ0n) is 13.9. The summed E-state index contributed by atoms with van der Waals surface area (Å²) in [6, 6.07) is 4.80. The summed E-state index contributed by atoms with van der Waals surface area (Å²) in [6.07, 6.45) is 0.985. The molecule has 0 bridgehead atoms. The number of allylic oxidation sites excluding steroid dienone is 2. The summed E-state index contributed by atoms with van der Waals surface area (Å²) in [6.45, 7) is 3.60. The van der Waals surface area contributed by atoms with E-state index < -0.39 is 23.5 Å². The number of ether oxygens (including phenoxy) is 2. The van der Waals surface area contributed by atoms with Crippen LogP contribution in [0.25, 0.3) is 0 Å². The van der Waals surface area contributed by atoms with Gasteiger partial charge in [-0.25, -0.2) is 13.6 Å². The molecule has 0 fully saturated rings. The molecule has 1 atom stereocenters. The molecule has 0 saturated heterocycles. The van der Waals surface area contributed by atoms with E-state index in [-0.39, 0.29) is 35.0 Å². The minimum atomic E-state index is -1.11. The predicted octanol–water partition coefficient (Wildman–Crippen LogP) is 3.39. The van der Waals surface area contributed by atoms with Crippen molar-refractivity contribution in [1.82, 2.24) is 0 Å². The maximum absolute atomic E-state index is 14.4.